The van der Waals surface area contributed by atoms with Crippen molar-refractivity contribution in [2.24, 2.45) is 0 Å². The van der Waals surface area contributed by atoms with E-state index in [9.17, 15) is 4.79 Å². The van der Waals surface area contributed by atoms with Crippen molar-refractivity contribution in [2.75, 3.05) is 12.4 Å². The van der Waals surface area contributed by atoms with Gasteiger partial charge in [0.1, 0.15) is 21.3 Å². The molecule has 0 unspecified atom stereocenters. The molecule has 0 bridgehead atoms. The smallest absolute Gasteiger partial charge is 0.348 e. The topological polar surface area (TPSA) is 103 Å². The van der Waals surface area contributed by atoms with Crippen molar-refractivity contribution in [3.05, 3.63) is 28.0 Å². The molecule has 0 saturated heterocycles. The average molecular weight is 333 g/mol. The highest BCUT2D eigenvalue weighted by Gasteiger charge is 2.20. The van der Waals surface area contributed by atoms with Gasteiger partial charge in [-0.15, -0.1) is 11.3 Å². The summed E-state index contributed by atoms with van der Waals surface area (Å²) in [6.07, 6.45) is 0. The first-order chi connectivity index (χ1) is 11.0. The molecule has 3 aromatic heterocycles. The summed E-state index contributed by atoms with van der Waals surface area (Å²) < 4.78 is 9.76. The van der Waals surface area contributed by atoms with Gasteiger partial charge in [-0.25, -0.2) is 14.8 Å². The van der Waals surface area contributed by atoms with Crippen LogP contribution < -0.4 is 5.32 Å². The minimum absolute atomic E-state index is 0.367. The number of nitrogens with zero attached hydrogens (tertiary/aromatic N) is 4. The van der Waals surface area contributed by atoms with Crippen molar-refractivity contribution in [1.82, 2.24) is 20.1 Å². The van der Waals surface area contributed by atoms with Gasteiger partial charge in [-0.2, -0.15) is 4.98 Å². The molecule has 3 heterocycles. The van der Waals surface area contributed by atoms with Crippen molar-refractivity contribution in [1.29, 1.82) is 0 Å². The summed E-state index contributed by atoms with van der Waals surface area (Å²) in [5.41, 5.74) is 0.795. The third kappa shape index (κ3) is 2.87. The molecular formula is C14H15N5O3S. The Balaban J connectivity index is 2.01. The van der Waals surface area contributed by atoms with E-state index in [0.717, 1.165) is 15.8 Å². The van der Waals surface area contributed by atoms with Crippen molar-refractivity contribution < 1.29 is 14.1 Å². The third-order valence-electron chi connectivity index (χ3n) is 3.26. The van der Waals surface area contributed by atoms with Gasteiger partial charge in [0.15, 0.2) is 5.82 Å². The SMILES string of the molecule is COC(=O)c1sc2nc(C)nc(NCc3noc(C)n3)c2c1C. The minimum atomic E-state index is -0.372. The number of fused-ring (bicyclic) bond motifs is 1. The molecule has 0 spiro atoms. The average Bonchev–Trinajstić information content (AvgIpc) is 3.08. The molecule has 0 aliphatic rings. The molecule has 120 valence electrons. The number of thiophene rings is 1. The highest BCUT2D eigenvalue weighted by molar-refractivity contribution is 7.20. The maximum atomic E-state index is 11.9. The zero-order valence-corrected chi connectivity index (χ0v) is 13.9. The normalized spacial score (nSPS) is 11.0. The molecule has 0 atom stereocenters. The summed E-state index contributed by atoms with van der Waals surface area (Å²) in [6.45, 7) is 5.75. The molecule has 3 aromatic rings. The first-order valence-corrected chi connectivity index (χ1v) is 7.70. The standard InChI is InChI=1S/C14H15N5O3S/c1-6-10-12(15-5-9-18-8(3)22-19-9)16-7(2)17-13(10)23-11(6)14(20)21-4/h5H2,1-4H3,(H,15,16,17). The van der Waals surface area contributed by atoms with Crippen LogP contribution in [-0.4, -0.2) is 33.2 Å². The van der Waals surface area contributed by atoms with E-state index in [1.807, 2.05) is 6.92 Å². The number of anilines is 1. The van der Waals surface area contributed by atoms with Crippen molar-refractivity contribution >= 4 is 33.3 Å². The molecule has 3 rings (SSSR count). The van der Waals surface area contributed by atoms with E-state index < -0.39 is 0 Å². The number of hydrogen-bond donors (Lipinski definition) is 1. The summed E-state index contributed by atoms with van der Waals surface area (Å²) in [5, 5.41) is 7.83. The Morgan fingerprint density at radius 3 is 2.70 bits per heavy atom. The van der Waals surface area contributed by atoms with Crippen LogP contribution in [0.15, 0.2) is 4.52 Å². The summed E-state index contributed by atoms with van der Waals surface area (Å²) in [7, 11) is 1.36. The molecule has 1 N–H and O–H groups in total. The molecular weight excluding hydrogens is 318 g/mol. The van der Waals surface area contributed by atoms with Gasteiger partial charge in [-0.05, 0) is 19.4 Å². The van der Waals surface area contributed by atoms with Gasteiger partial charge in [0.2, 0.25) is 5.89 Å². The lowest BCUT2D eigenvalue weighted by Crippen LogP contribution is -2.05. The number of aromatic nitrogens is 4. The van der Waals surface area contributed by atoms with E-state index in [1.165, 1.54) is 18.4 Å². The molecule has 0 saturated carbocycles. The maximum Gasteiger partial charge on any atom is 0.348 e. The van der Waals surface area contributed by atoms with Crippen LogP contribution in [0.3, 0.4) is 0 Å². The summed E-state index contributed by atoms with van der Waals surface area (Å²) in [5.74, 6) is 1.92. The first-order valence-electron chi connectivity index (χ1n) is 6.88. The minimum Gasteiger partial charge on any atom is -0.465 e. The van der Waals surface area contributed by atoms with E-state index in [4.69, 9.17) is 9.26 Å². The number of ether oxygens (including phenoxy) is 1. The fraction of sp³-hybridized carbons (Fsp3) is 0.357. The van der Waals surface area contributed by atoms with Gasteiger partial charge < -0.3 is 14.6 Å². The van der Waals surface area contributed by atoms with Crippen LogP contribution in [0.5, 0.6) is 0 Å². The Hall–Kier alpha value is -2.55. The van der Waals surface area contributed by atoms with Crippen LogP contribution in [0.2, 0.25) is 0 Å². The predicted octanol–water partition coefficient (Wildman–Crippen LogP) is 2.40. The van der Waals surface area contributed by atoms with Crippen molar-refractivity contribution in [3.63, 3.8) is 0 Å². The second-order valence-corrected chi connectivity index (χ2v) is 5.93. The zero-order valence-electron chi connectivity index (χ0n) is 13.1. The predicted molar refractivity (Wildman–Crippen MR) is 84.6 cm³/mol. The van der Waals surface area contributed by atoms with Gasteiger partial charge >= 0.3 is 5.97 Å². The lowest BCUT2D eigenvalue weighted by atomic mass is 10.2. The summed E-state index contributed by atoms with van der Waals surface area (Å²) >= 11 is 1.30. The van der Waals surface area contributed by atoms with Gasteiger partial charge in [0, 0.05) is 6.92 Å². The van der Waals surface area contributed by atoms with Gasteiger partial charge in [-0.3, -0.25) is 0 Å². The number of esters is 1. The molecule has 0 fully saturated rings. The highest BCUT2D eigenvalue weighted by Crippen LogP contribution is 2.34. The van der Waals surface area contributed by atoms with Crippen LogP contribution in [0.1, 0.15) is 32.8 Å². The lowest BCUT2D eigenvalue weighted by molar-refractivity contribution is 0.0605. The quantitative estimate of drug-likeness (QED) is 0.726. The fourth-order valence-corrected chi connectivity index (χ4v) is 3.38. The second-order valence-electron chi connectivity index (χ2n) is 4.93. The Labute approximate surface area is 135 Å². The van der Waals surface area contributed by atoms with Crippen LogP contribution in [0.4, 0.5) is 5.82 Å². The summed E-state index contributed by atoms with van der Waals surface area (Å²) in [4.78, 5) is 26.1. The van der Waals surface area contributed by atoms with Gasteiger partial charge in [0.05, 0.1) is 19.0 Å². The Bertz CT molecular complexity index is 886. The van der Waals surface area contributed by atoms with Crippen LogP contribution in [0, 0.1) is 20.8 Å². The lowest BCUT2D eigenvalue weighted by Gasteiger charge is -2.06. The van der Waals surface area contributed by atoms with E-state index in [0.29, 0.717) is 34.8 Å². The largest absolute Gasteiger partial charge is 0.465 e. The van der Waals surface area contributed by atoms with Gasteiger partial charge in [-0.1, -0.05) is 5.16 Å². The molecule has 9 heteroatoms. The maximum absolute atomic E-state index is 11.9. The zero-order chi connectivity index (χ0) is 16.6. The highest BCUT2D eigenvalue weighted by atomic mass is 32.1. The third-order valence-corrected chi connectivity index (χ3v) is 4.42. The monoisotopic (exact) mass is 333 g/mol. The second kappa shape index (κ2) is 5.92. The van der Waals surface area contributed by atoms with Crippen LogP contribution >= 0.6 is 11.3 Å². The Kier molecular flexibility index (Phi) is 3.95. The van der Waals surface area contributed by atoms with E-state index in [-0.39, 0.29) is 5.97 Å². The number of carbonyl (C=O) groups is 1. The number of rotatable bonds is 4. The fourth-order valence-electron chi connectivity index (χ4n) is 2.24. The van der Waals surface area contributed by atoms with Crippen molar-refractivity contribution in [2.45, 2.75) is 27.3 Å². The molecule has 8 nitrogen and oxygen atoms in total. The Morgan fingerprint density at radius 1 is 1.26 bits per heavy atom. The summed E-state index contributed by atoms with van der Waals surface area (Å²) in [6, 6.07) is 0. The molecule has 0 radical (unpaired) electrons. The number of nitrogens with one attached hydrogen (secondary N) is 1. The molecule has 0 aromatic carbocycles. The van der Waals surface area contributed by atoms with E-state index in [1.54, 1.807) is 13.8 Å². The number of aryl methyl sites for hydroxylation is 3. The van der Waals surface area contributed by atoms with Crippen LogP contribution in [-0.2, 0) is 11.3 Å². The number of methoxy groups -OCH3 is 1. The first kappa shape index (κ1) is 15.3. The van der Waals surface area contributed by atoms with Gasteiger partial charge in [0.25, 0.3) is 0 Å². The number of hydrogen-bond acceptors (Lipinski definition) is 9. The number of carbonyl (C=O) groups excluding carboxylic acids is 1. The van der Waals surface area contributed by atoms with E-state index in [2.05, 4.69) is 25.4 Å². The molecule has 0 aliphatic heterocycles. The van der Waals surface area contributed by atoms with E-state index >= 15 is 0 Å². The van der Waals surface area contributed by atoms with Crippen molar-refractivity contribution in [3.8, 4) is 0 Å². The molecule has 0 aliphatic carbocycles. The molecule has 0 amide bonds. The Morgan fingerprint density at radius 2 is 2.04 bits per heavy atom. The molecule has 23 heavy (non-hydrogen) atoms. The van der Waals surface area contributed by atoms with Crippen LogP contribution in [0.25, 0.3) is 10.2 Å².